The van der Waals surface area contributed by atoms with Crippen LogP contribution in [-0.2, 0) is 0 Å². The number of aryl methyl sites for hydroxylation is 1. The summed E-state index contributed by atoms with van der Waals surface area (Å²) in [5, 5.41) is 3.49. The van der Waals surface area contributed by atoms with Crippen LogP contribution < -0.4 is 4.40 Å². The molecule has 0 radical (unpaired) electrons. The first-order valence-electron chi connectivity index (χ1n) is 4.64. The van der Waals surface area contributed by atoms with Crippen LogP contribution in [0.4, 0.5) is 0 Å². The summed E-state index contributed by atoms with van der Waals surface area (Å²) < 4.78 is 2.31. The summed E-state index contributed by atoms with van der Waals surface area (Å²) in [5.41, 5.74) is 2.60. The molecule has 0 saturated heterocycles. The van der Waals surface area contributed by atoms with E-state index in [2.05, 4.69) is 53.1 Å². The molecule has 2 aromatic heterocycles. The highest BCUT2D eigenvalue weighted by atomic mass is 32.1. The number of nitrogens with zero attached hydrogens (tertiary/aromatic N) is 1. The zero-order valence-electron chi connectivity index (χ0n) is 7.90. The van der Waals surface area contributed by atoms with Crippen LogP contribution in [0.1, 0.15) is 5.69 Å². The minimum absolute atomic E-state index is 1.30. The first kappa shape index (κ1) is 7.94. The number of pyridine rings is 1. The molecule has 0 aliphatic rings. The molecule has 0 atom stereocenters. The molecule has 0 spiro atoms. The lowest BCUT2D eigenvalue weighted by Crippen LogP contribution is -2.22. The van der Waals surface area contributed by atoms with Crippen LogP contribution in [0, 0.1) is 6.92 Å². The topological polar surface area (TPSA) is 4.10 Å². The van der Waals surface area contributed by atoms with Gasteiger partial charge in [-0.2, -0.15) is 0 Å². The third kappa shape index (κ3) is 0.976. The largest absolute Gasteiger partial charge is 0.267 e. The molecule has 2 heterocycles. The van der Waals surface area contributed by atoms with Crippen molar-refractivity contribution in [1.82, 2.24) is 0 Å². The van der Waals surface area contributed by atoms with Gasteiger partial charge in [0.05, 0.1) is 5.38 Å². The summed E-state index contributed by atoms with van der Waals surface area (Å²) in [6.45, 7) is 2.15. The molecule has 1 nitrogen and oxygen atoms in total. The number of fused-ring (bicyclic) bond motifs is 3. The van der Waals surface area contributed by atoms with E-state index in [4.69, 9.17) is 0 Å². The van der Waals surface area contributed by atoms with Crippen LogP contribution in [0.2, 0.25) is 0 Å². The highest BCUT2D eigenvalue weighted by molar-refractivity contribution is 7.15. The second-order valence-electron chi connectivity index (χ2n) is 3.44. The third-order valence-corrected chi connectivity index (χ3v) is 3.53. The lowest BCUT2D eigenvalue weighted by atomic mass is 10.2. The number of thiazole rings is 1. The number of hydrogen-bond acceptors (Lipinski definition) is 1. The van der Waals surface area contributed by atoms with E-state index in [-0.39, 0.29) is 0 Å². The molecule has 0 N–H and O–H groups in total. The standard InChI is InChI=1S/C12H10NS/c1-9-8-14-12-7-6-10-4-2-3-5-11(10)13(9)12/h2-8H,1H3/q+1. The Kier molecular flexibility index (Phi) is 1.58. The minimum Gasteiger partial charge on any atom is -0.148 e. The quantitative estimate of drug-likeness (QED) is 0.491. The third-order valence-electron chi connectivity index (χ3n) is 2.51. The summed E-state index contributed by atoms with van der Waals surface area (Å²) in [6.07, 6.45) is 0. The fraction of sp³-hybridized carbons (Fsp3) is 0.0833. The van der Waals surface area contributed by atoms with Crippen molar-refractivity contribution < 1.29 is 4.40 Å². The van der Waals surface area contributed by atoms with Crippen LogP contribution in [0.3, 0.4) is 0 Å². The Labute approximate surface area is 86.2 Å². The molecule has 0 aliphatic heterocycles. The number of benzene rings is 1. The molecule has 0 saturated carbocycles. The maximum absolute atomic E-state index is 2.31. The van der Waals surface area contributed by atoms with E-state index in [0.717, 1.165) is 0 Å². The van der Waals surface area contributed by atoms with E-state index >= 15 is 0 Å². The van der Waals surface area contributed by atoms with Gasteiger partial charge in [-0.1, -0.05) is 23.5 Å². The molecule has 68 valence electrons. The van der Waals surface area contributed by atoms with Crippen molar-refractivity contribution in [1.29, 1.82) is 0 Å². The van der Waals surface area contributed by atoms with Gasteiger partial charge in [0.25, 0.3) is 4.83 Å². The van der Waals surface area contributed by atoms with Crippen molar-refractivity contribution >= 4 is 27.1 Å². The van der Waals surface area contributed by atoms with Crippen LogP contribution in [0.5, 0.6) is 0 Å². The van der Waals surface area contributed by atoms with Gasteiger partial charge < -0.3 is 0 Å². The Bertz CT molecular complexity index is 610. The molecule has 0 bridgehead atoms. The second-order valence-corrected chi connectivity index (χ2v) is 4.33. The molecule has 0 amide bonds. The highest BCUT2D eigenvalue weighted by Gasteiger charge is 2.12. The summed E-state index contributed by atoms with van der Waals surface area (Å²) in [7, 11) is 0. The van der Waals surface area contributed by atoms with Gasteiger partial charge in [0.2, 0.25) is 5.52 Å². The fourth-order valence-corrected chi connectivity index (χ4v) is 2.73. The van der Waals surface area contributed by atoms with Crippen LogP contribution in [-0.4, -0.2) is 0 Å². The molecule has 3 rings (SSSR count). The Hall–Kier alpha value is -1.41. The van der Waals surface area contributed by atoms with E-state index in [1.165, 1.54) is 21.4 Å². The number of aromatic nitrogens is 1. The first-order valence-corrected chi connectivity index (χ1v) is 5.52. The van der Waals surface area contributed by atoms with Gasteiger partial charge in [0, 0.05) is 24.4 Å². The Balaban J connectivity index is 2.65. The predicted molar refractivity (Wildman–Crippen MR) is 59.7 cm³/mol. The Morgan fingerprint density at radius 3 is 2.86 bits per heavy atom. The number of rotatable bonds is 0. The van der Waals surface area contributed by atoms with Crippen LogP contribution in [0.15, 0.2) is 41.8 Å². The monoisotopic (exact) mass is 200 g/mol. The van der Waals surface area contributed by atoms with Gasteiger partial charge >= 0.3 is 0 Å². The average molecular weight is 200 g/mol. The predicted octanol–water partition coefficient (Wildman–Crippen LogP) is 2.95. The molecule has 0 unspecified atom stereocenters. The van der Waals surface area contributed by atoms with Gasteiger partial charge in [-0.25, -0.2) is 0 Å². The lowest BCUT2D eigenvalue weighted by Gasteiger charge is -1.92. The average Bonchev–Trinajstić information content (AvgIpc) is 2.61. The molecule has 0 fully saturated rings. The van der Waals surface area contributed by atoms with Crippen molar-refractivity contribution in [3.05, 3.63) is 47.5 Å². The SMILES string of the molecule is Cc1csc2ccc3ccccc3[n+]12. The summed E-state index contributed by atoms with van der Waals surface area (Å²) in [4.78, 5) is 1.31. The van der Waals surface area contributed by atoms with E-state index in [1.54, 1.807) is 11.3 Å². The molecule has 0 aliphatic carbocycles. The Morgan fingerprint density at radius 2 is 1.93 bits per heavy atom. The summed E-state index contributed by atoms with van der Waals surface area (Å²) in [5.74, 6) is 0. The van der Waals surface area contributed by atoms with Crippen molar-refractivity contribution in [2.45, 2.75) is 6.92 Å². The van der Waals surface area contributed by atoms with Gasteiger partial charge in [0.15, 0.2) is 5.69 Å². The van der Waals surface area contributed by atoms with Crippen molar-refractivity contribution in [3.8, 4) is 0 Å². The lowest BCUT2D eigenvalue weighted by molar-refractivity contribution is -0.485. The maximum atomic E-state index is 2.31. The maximum Gasteiger partial charge on any atom is 0.267 e. The van der Waals surface area contributed by atoms with E-state index in [9.17, 15) is 0 Å². The molecule has 2 heteroatoms. The zero-order valence-corrected chi connectivity index (χ0v) is 8.71. The van der Waals surface area contributed by atoms with E-state index < -0.39 is 0 Å². The molecule has 3 aromatic rings. The minimum atomic E-state index is 1.30. The second kappa shape index (κ2) is 2.79. The van der Waals surface area contributed by atoms with Gasteiger partial charge in [-0.15, -0.1) is 4.40 Å². The van der Waals surface area contributed by atoms with Crippen molar-refractivity contribution in [2.75, 3.05) is 0 Å². The zero-order chi connectivity index (χ0) is 9.54. The summed E-state index contributed by atoms with van der Waals surface area (Å²) in [6, 6.07) is 12.9. The van der Waals surface area contributed by atoms with Crippen molar-refractivity contribution in [3.63, 3.8) is 0 Å². The van der Waals surface area contributed by atoms with Gasteiger partial charge in [-0.05, 0) is 12.1 Å². The molecule has 1 aromatic carbocycles. The van der Waals surface area contributed by atoms with Crippen LogP contribution in [0.25, 0.3) is 15.7 Å². The fourth-order valence-electron chi connectivity index (χ4n) is 1.84. The molecular formula is C12H10NS+. The van der Waals surface area contributed by atoms with Gasteiger partial charge in [0.1, 0.15) is 0 Å². The number of para-hydroxylation sites is 1. The highest BCUT2D eigenvalue weighted by Crippen LogP contribution is 2.15. The van der Waals surface area contributed by atoms with E-state index in [1.807, 2.05) is 0 Å². The molecular weight excluding hydrogens is 190 g/mol. The Morgan fingerprint density at radius 1 is 1.07 bits per heavy atom. The smallest absolute Gasteiger partial charge is 0.148 e. The molecule has 14 heavy (non-hydrogen) atoms. The van der Waals surface area contributed by atoms with Gasteiger partial charge in [-0.3, -0.25) is 0 Å². The first-order chi connectivity index (χ1) is 6.86. The number of hydrogen-bond donors (Lipinski definition) is 0. The van der Waals surface area contributed by atoms with Crippen LogP contribution >= 0.6 is 11.3 Å². The normalized spacial score (nSPS) is 11.2. The van der Waals surface area contributed by atoms with E-state index in [0.29, 0.717) is 0 Å². The van der Waals surface area contributed by atoms with Crippen molar-refractivity contribution in [2.24, 2.45) is 0 Å². The summed E-state index contributed by atoms with van der Waals surface area (Å²) >= 11 is 1.79.